The van der Waals surface area contributed by atoms with Gasteiger partial charge in [-0.1, -0.05) is 0 Å². The molecule has 1 aromatic heterocycles. The molecule has 0 N–H and O–H groups in total. The molecule has 1 amide bonds. The summed E-state index contributed by atoms with van der Waals surface area (Å²) in [6, 6.07) is 9.04. The molecule has 1 aliphatic rings. The number of hydrogen-bond acceptors (Lipinski definition) is 6. The fourth-order valence-corrected chi connectivity index (χ4v) is 2.91. The van der Waals surface area contributed by atoms with Gasteiger partial charge >= 0.3 is 0 Å². The molecule has 7 heteroatoms. The van der Waals surface area contributed by atoms with Crippen molar-refractivity contribution in [3.8, 4) is 6.07 Å². The van der Waals surface area contributed by atoms with Crippen LogP contribution in [0.1, 0.15) is 33.3 Å². The first-order valence-corrected chi connectivity index (χ1v) is 8.41. The molecule has 0 spiro atoms. The van der Waals surface area contributed by atoms with Gasteiger partial charge in [0.05, 0.1) is 30.5 Å². The van der Waals surface area contributed by atoms with Crippen LogP contribution in [-0.4, -0.2) is 54.6 Å². The average molecular weight is 351 g/mol. The summed E-state index contributed by atoms with van der Waals surface area (Å²) in [7, 11) is 3.76. The van der Waals surface area contributed by atoms with Crippen LogP contribution >= 0.6 is 0 Å². The van der Waals surface area contributed by atoms with E-state index in [0.717, 1.165) is 11.3 Å². The monoisotopic (exact) mass is 351 g/mol. The molecule has 0 aliphatic carbocycles. The summed E-state index contributed by atoms with van der Waals surface area (Å²) < 4.78 is 5.84. The van der Waals surface area contributed by atoms with Gasteiger partial charge < -0.3 is 14.5 Å². The number of carbonyl (C=O) groups excluding carboxylic acids is 1. The van der Waals surface area contributed by atoms with Crippen LogP contribution in [0.25, 0.3) is 0 Å². The predicted octanol–water partition coefficient (Wildman–Crippen LogP) is 1.94. The molecule has 1 atom stereocenters. The number of carbonyl (C=O) groups is 1. The number of aromatic nitrogens is 2. The topological polar surface area (TPSA) is 82.3 Å². The Morgan fingerprint density at radius 1 is 1.38 bits per heavy atom. The van der Waals surface area contributed by atoms with Gasteiger partial charge in [-0.15, -0.1) is 0 Å². The molecule has 2 aromatic rings. The Bertz CT molecular complexity index is 859. The van der Waals surface area contributed by atoms with Crippen molar-refractivity contribution in [2.75, 3.05) is 38.7 Å². The number of ether oxygens (including phenoxy) is 1. The summed E-state index contributed by atoms with van der Waals surface area (Å²) in [6.07, 6.45) is 1.42. The lowest BCUT2D eigenvalue weighted by Gasteiger charge is -2.33. The summed E-state index contributed by atoms with van der Waals surface area (Å²) >= 11 is 0. The maximum Gasteiger partial charge on any atom is 0.254 e. The van der Waals surface area contributed by atoms with Crippen LogP contribution in [0.15, 0.2) is 30.5 Å². The number of hydrogen-bond donors (Lipinski definition) is 0. The Morgan fingerprint density at radius 3 is 2.88 bits per heavy atom. The van der Waals surface area contributed by atoms with Crippen molar-refractivity contribution in [3.63, 3.8) is 0 Å². The van der Waals surface area contributed by atoms with Crippen molar-refractivity contribution in [3.05, 3.63) is 52.8 Å². The molecule has 1 fully saturated rings. The van der Waals surface area contributed by atoms with Crippen LogP contribution in [-0.2, 0) is 4.74 Å². The van der Waals surface area contributed by atoms with Crippen molar-refractivity contribution in [2.24, 2.45) is 0 Å². The van der Waals surface area contributed by atoms with Crippen LogP contribution in [0, 0.1) is 18.3 Å². The number of morpholine rings is 1. The Labute approximate surface area is 152 Å². The molecule has 1 saturated heterocycles. The van der Waals surface area contributed by atoms with Gasteiger partial charge in [0.15, 0.2) is 0 Å². The molecule has 1 aromatic carbocycles. The van der Waals surface area contributed by atoms with E-state index in [2.05, 4.69) is 16.0 Å². The van der Waals surface area contributed by atoms with E-state index in [1.165, 1.54) is 0 Å². The number of anilines is 1. The van der Waals surface area contributed by atoms with Crippen LogP contribution in [0.5, 0.6) is 0 Å². The molecular formula is C19H21N5O2. The Balaban J connectivity index is 1.79. The van der Waals surface area contributed by atoms with Crippen LogP contribution < -0.4 is 4.90 Å². The van der Waals surface area contributed by atoms with E-state index < -0.39 is 0 Å². The zero-order chi connectivity index (χ0) is 18.7. The average Bonchev–Trinajstić information content (AvgIpc) is 2.67. The number of benzene rings is 1. The molecule has 134 valence electrons. The molecule has 3 rings (SSSR count). The number of nitrogens with zero attached hydrogens (tertiary/aromatic N) is 5. The Morgan fingerprint density at radius 2 is 2.19 bits per heavy atom. The minimum Gasteiger partial charge on any atom is -0.368 e. The highest BCUT2D eigenvalue weighted by atomic mass is 16.5. The van der Waals surface area contributed by atoms with Crippen molar-refractivity contribution < 1.29 is 9.53 Å². The van der Waals surface area contributed by atoms with E-state index in [9.17, 15) is 4.79 Å². The normalized spacial score (nSPS) is 16.8. The molecule has 0 radical (unpaired) electrons. The Hall–Kier alpha value is -2.98. The van der Waals surface area contributed by atoms with E-state index in [0.29, 0.717) is 36.8 Å². The van der Waals surface area contributed by atoms with E-state index in [-0.39, 0.29) is 12.0 Å². The summed E-state index contributed by atoms with van der Waals surface area (Å²) in [5.74, 6) is 0.555. The van der Waals surface area contributed by atoms with Gasteiger partial charge in [-0.25, -0.2) is 9.97 Å². The standard InChI is InChI=1S/C19H21N5O2/c1-13-10-14(11-20)4-5-15(13)18(25)24-8-9-26-17(12-24)16-6-7-21-19(22-16)23(2)3/h4-7,10,17H,8-9,12H2,1-3H3/t17-/m0/s1. The third-order valence-corrected chi connectivity index (χ3v) is 4.33. The zero-order valence-corrected chi connectivity index (χ0v) is 15.1. The van der Waals surface area contributed by atoms with E-state index >= 15 is 0 Å². The minimum atomic E-state index is -0.284. The highest BCUT2D eigenvalue weighted by Crippen LogP contribution is 2.23. The summed E-state index contributed by atoms with van der Waals surface area (Å²) in [5.41, 5.74) is 2.73. The smallest absolute Gasteiger partial charge is 0.254 e. The highest BCUT2D eigenvalue weighted by Gasteiger charge is 2.28. The molecule has 7 nitrogen and oxygen atoms in total. The minimum absolute atomic E-state index is 0.0535. The quantitative estimate of drug-likeness (QED) is 0.840. The lowest BCUT2D eigenvalue weighted by atomic mass is 10.0. The molecule has 0 bridgehead atoms. The van der Waals surface area contributed by atoms with Crippen molar-refractivity contribution >= 4 is 11.9 Å². The summed E-state index contributed by atoms with van der Waals surface area (Å²) in [6.45, 7) is 3.26. The van der Waals surface area contributed by atoms with Crippen molar-refractivity contribution in [1.82, 2.24) is 14.9 Å². The summed E-state index contributed by atoms with van der Waals surface area (Å²) in [4.78, 5) is 25.3. The van der Waals surface area contributed by atoms with Gasteiger partial charge in [0.25, 0.3) is 5.91 Å². The number of rotatable bonds is 3. The molecule has 1 aliphatic heterocycles. The lowest BCUT2D eigenvalue weighted by Crippen LogP contribution is -2.42. The second-order valence-electron chi connectivity index (χ2n) is 6.43. The molecule has 2 heterocycles. The Kier molecular flexibility index (Phi) is 5.14. The van der Waals surface area contributed by atoms with E-state index in [1.807, 2.05) is 32.0 Å². The number of amides is 1. The van der Waals surface area contributed by atoms with Gasteiger partial charge in [0.2, 0.25) is 5.95 Å². The first kappa shape index (κ1) is 17.8. The molecule has 0 saturated carbocycles. The summed E-state index contributed by atoms with van der Waals surface area (Å²) in [5, 5.41) is 8.99. The fraction of sp³-hybridized carbons (Fsp3) is 0.368. The molecule has 0 unspecified atom stereocenters. The molecule has 26 heavy (non-hydrogen) atoms. The maximum absolute atomic E-state index is 12.9. The predicted molar refractivity (Wildman–Crippen MR) is 96.8 cm³/mol. The first-order valence-electron chi connectivity index (χ1n) is 8.41. The molecular weight excluding hydrogens is 330 g/mol. The van der Waals surface area contributed by atoms with E-state index in [1.54, 1.807) is 29.3 Å². The van der Waals surface area contributed by atoms with Crippen LogP contribution in [0.2, 0.25) is 0 Å². The van der Waals surface area contributed by atoms with E-state index in [4.69, 9.17) is 10.00 Å². The van der Waals surface area contributed by atoms with Gasteiger partial charge in [0.1, 0.15) is 6.10 Å². The van der Waals surface area contributed by atoms with Crippen LogP contribution in [0.3, 0.4) is 0 Å². The third-order valence-electron chi connectivity index (χ3n) is 4.33. The SMILES string of the molecule is Cc1cc(C#N)ccc1C(=O)N1CCO[C@H](c2ccnc(N(C)C)n2)C1. The second kappa shape index (κ2) is 7.50. The second-order valence-corrected chi connectivity index (χ2v) is 6.43. The largest absolute Gasteiger partial charge is 0.368 e. The van der Waals surface area contributed by atoms with Gasteiger partial charge in [-0.05, 0) is 36.8 Å². The lowest BCUT2D eigenvalue weighted by molar-refractivity contribution is -0.0247. The van der Waals surface area contributed by atoms with Gasteiger partial charge in [0, 0.05) is 32.4 Å². The van der Waals surface area contributed by atoms with Crippen molar-refractivity contribution in [2.45, 2.75) is 13.0 Å². The van der Waals surface area contributed by atoms with Gasteiger partial charge in [-0.3, -0.25) is 4.79 Å². The van der Waals surface area contributed by atoms with Crippen LogP contribution in [0.4, 0.5) is 5.95 Å². The number of aryl methyl sites for hydroxylation is 1. The maximum atomic E-state index is 12.9. The number of nitriles is 1. The first-order chi connectivity index (χ1) is 12.5. The zero-order valence-electron chi connectivity index (χ0n) is 15.1. The third kappa shape index (κ3) is 3.65. The fourth-order valence-electron chi connectivity index (χ4n) is 2.91. The van der Waals surface area contributed by atoms with Crippen molar-refractivity contribution in [1.29, 1.82) is 5.26 Å². The van der Waals surface area contributed by atoms with Gasteiger partial charge in [-0.2, -0.15) is 5.26 Å². The highest BCUT2D eigenvalue weighted by molar-refractivity contribution is 5.95.